The first kappa shape index (κ1) is 52.2. The van der Waals surface area contributed by atoms with E-state index in [1.54, 1.807) is 51.3 Å². The maximum atomic E-state index is 14.6. The highest BCUT2D eigenvalue weighted by atomic mass is 16.6. The van der Waals surface area contributed by atoms with Gasteiger partial charge in [0.15, 0.2) is 5.78 Å². The van der Waals surface area contributed by atoms with Crippen molar-refractivity contribution in [2.24, 2.45) is 17.8 Å². The second-order valence-corrected chi connectivity index (χ2v) is 20.1. The zero-order chi connectivity index (χ0) is 48.1. The number of rotatable bonds is 18. The third-order valence-corrected chi connectivity index (χ3v) is 11.7. The minimum absolute atomic E-state index is 0.0216. The Morgan fingerprint density at radius 1 is 0.785 bits per heavy atom. The van der Waals surface area contributed by atoms with Crippen LogP contribution in [0.5, 0.6) is 0 Å². The molecule has 15 heteroatoms. The molecular formula is C50H73N5O10. The molecule has 0 spiro atoms. The van der Waals surface area contributed by atoms with Gasteiger partial charge in [0.2, 0.25) is 17.7 Å². The number of fused-ring (bicyclic) bond motifs is 1. The Labute approximate surface area is 385 Å². The molecule has 1 fully saturated rings. The smallest absolute Gasteiger partial charge is 0.408 e. The average Bonchev–Trinajstić information content (AvgIpc) is 3.23. The summed E-state index contributed by atoms with van der Waals surface area (Å²) in [6.07, 6.45) is 0.963. The van der Waals surface area contributed by atoms with Gasteiger partial charge < -0.3 is 40.0 Å². The van der Waals surface area contributed by atoms with Crippen molar-refractivity contribution in [2.45, 2.75) is 155 Å². The second kappa shape index (κ2) is 23.1. The molecule has 0 unspecified atom stereocenters. The lowest BCUT2D eigenvalue weighted by Crippen LogP contribution is -2.63. The molecule has 65 heavy (non-hydrogen) atoms. The molecule has 3 N–H and O–H groups in total. The van der Waals surface area contributed by atoms with Gasteiger partial charge >= 0.3 is 18.2 Å². The first-order valence-corrected chi connectivity index (χ1v) is 23.1. The van der Waals surface area contributed by atoms with Crippen molar-refractivity contribution < 1.29 is 47.8 Å². The molecule has 0 bridgehead atoms. The molecule has 2 aromatic rings. The van der Waals surface area contributed by atoms with Crippen molar-refractivity contribution >= 4 is 41.7 Å². The fraction of sp³-hybridized carbons (Fsp3) is 0.620. The summed E-state index contributed by atoms with van der Waals surface area (Å²) in [5.74, 6) is -3.00. The number of amides is 5. The molecule has 2 aliphatic heterocycles. The van der Waals surface area contributed by atoms with E-state index in [4.69, 9.17) is 14.2 Å². The quantitative estimate of drug-likeness (QED) is 0.0827. The van der Waals surface area contributed by atoms with Crippen LogP contribution in [0.2, 0.25) is 0 Å². The number of benzene rings is 2. The Kier molecular flexibility index (Phi) is 18.6. The molecule has 2 aromatic carbocycles. The molecule has 0 aromatic heterocycles. The zero-order valence-electron chi connectivity index (χ0n) is 40.3. The topological polar surface area (TPSA) is 190 Å². The van der Waals surface area contributed by atoms with E-state index in [9.17, 15) is 33.6 Å². The molecule has 2 aliphatic rings. The summed E-state index contributed by atoms with van der Waals surface area (Å²) in [7, 11) is 1.23. The maximum absolute atomic E-state index is 14.6. The van der Waals surface area contributed by atoms with Crippen molar-refractivity contribution in [2.75, 3.05) is 26.7 Å². The molecule has 358 valence electrons. The molecule has 4 atom stereocenters. The lowest BCUT2D eigenvalue weighted by Gasteiger charge is -2.41. The lowest BCUT2D eigenvalue weighted by atomic mass is 9.84. The Morgan fingerprint density at radius 3 is 1.98 bits per heavy atom. The van der Waals surface area contributed by atoms with Crippen LogP contribution in [0.25, 0.3) is 0 Å². The van der Waals surface area contributed by atoms with Gasteiger partial charge in [-0.1, -0.05) is 75.4 Å². The van der Waals surface area contributed by atoms with E-state index in [0.29, 0.717) is 32.1 Å². The highest BCUT2D eigenvalue weighted by Crippen LogP contribution is 2.30. The highest BCUT2D eigenvalue weighted by molar-refractivity contribution is 5.95. The molecule has 5 amide bonds. The van der Waals surface area contributed by atoms with E-state index in [-0.39, 0.29) is 81.3 Å². The maximum Gasteiger partial charge on any atom is 0.408 e. The van der Waals surface area contributed by atoms with Gasteiger partial charge in [-0.25, -0.2) is 14.4 Å². The molecule has 4 rings (SSSR count). The van der Waals surface area contributed by atoms with Crippen molar-refractivity contribution in [3.63, 3.8) is 0 Å². The largest absolute Gasteiger partial charge is 0.467 e. The standard InChI is InChI=1S/C50H73N5O10/c1-33(2)28-38(31-41(56)40-30-36-20-14-15-21-37(36)32-55(40)43(58)34(3)29-35-18-12-11-13-19-35)42(57)52-39(22-16-17-25-51-46(61)64-48(4,5)6)44(59)54-26-23-50(24-27-54,45(60)63-10)53-47(62)65-49(7,8)9/h11-15,18-21,33-34,38-40H,16-17,22-32H2,1-10H3,(H,51,61)(H,52,57)(H,53,62)/t34-,38-,39-,40+/m1/s1. The number of ether oxygens (including phenoxy) is 3. The summed E-state index contributed by atoms with van der Waals surface area (Å²) >= 11 is 0. The Balaban J connectivity index is 1.54. The van der Waals surface area contributed by atoms with E-state index in [2.05, 4.69) is 16.0 Å². The van der Waals surface area contributed by atoms with Crippen LogP contribution in [0, 0.1) is 17.8 Å². The van der Waals surface area contributed by atoms with Crippen LogP contribution in [0.15, 0.2) is 54.6 Å². The van der Waals surface area contributed by atoms with E-state index in [0.717, 1.165) is 16.7 Å². The number of alkyl carbamates (subject to hydrolysis) is 2. The number of carbonyl (C=O) groups excluding carboxylic acids is 7. The van der Waals surface area contributed by atoms with E-state index >= 15 is 0 Å². The number of methoxy groups -OCH3 is 1. The van der Waals surface area contributed by atoms with E-state index in [1.165, 1.54) is 7.11 Å². The van der Waals surface area contributed by atoms with Crippen molar-refractivity contribution in [3.05, 3.63) is 71.3 Å². The molecule has 0 saturated carbocycles. The fourth-order valence-corrected chi connectivity index (χ4v) is 8.54. The molecule has 0 aliphatic carbocycles. The number of piperidine rings is 1. The molecule has 0 radical (unpaired) electrons. The van der Waals surface area contributed by atoms with Crippen LogP contribution in [-0.2, 0) is 57.6 Å². The first-order valence-electron chi connectivity index (χ1n) is 23.1. The Hall–Kier alpha value is -5.47. The number of esters is 1. The monoisotopic (exact) mass is 904 g/mol. The number of ketones is 1. The number of unbranched alkanes of at least 4 members (excludes halogenated alkanes) is 1. The molecule has 15 nitrogen and oxygen atoms in total. The number of Topliss-reactive ketones (excluding diaryl/α,β-unsaturated/α-hetero) is 1. The number of likely N-dealkylation sites (tertiary alicyclic amines) is 1. The minimum atomic E-state index is -1.43. The second-order valence-electron chi connectivity index (χ2n) is 20.1. The molecular weight excluding hydrogens is 831 g/mol. The fourth-order valence-electron chi connectivity index (χ4n) is 8.54. The first-order chi connectivity index (χ1) is 30.5. The van der Waals surface area contributed by atoms with Crippen LogP contribution in [-0.4, -0.2) is 107 Å². The summed E-state index contributed by atoms with van der Waals surface area (Å²) in [6.45, 7) is 17.0. The van der Waals surface area contributed by atoms with Gasteiger partial charge in [-0.15, -0.1) is 0 Å². The van der Waals surface area contributed by atoms with Gasteiger partial charge in [-0.2, -0.15) is 0 Å². The van der Waals surface area contributed by atoms with E-state index in [1.807, 2.05) is 75.4 Å². The zero-order valence-corrected chi connectivity index (χ0v) is 40.3. The summed E-state index contributed by atoms with van der Waals surface area (Å²) in [5.41, 5.74) is 0.0774. The summed E-state index contributed by atoms with van der Waals surface area (Å²) < 4.78 is 15.9. The van der Waals surface area contributed by atoms with Gasteiger partial charge in [0.05, 0.1) is 13.2 Å². The lowest BCUT2D eigenvalue weighted by molar-refractivity contribution is -0.153. The summed E-state index contributed by atoms with van der Waals surface area (Å²) in [6, 6.07) is 15.8. The third-order valence-electron chi connectivity index (χ3n) is 11.7. The Bertz CT molecular complexity index is 1970. The minimum Gasteiger partial charge on any atom is -0.467 e. The summed E-state index contributed by atoms with van der Waals surface area (Å²) in [5, 5.41) is 8.44. The predicted molar refractivity (Wildman–Crippen MR) is 246 cm³/mol. The van der Waals surface area contributed by atoms with Gasteiger partial charge in [0, 0.05) is 50.9 Å². The van der Waals surface area contributed by atoms with Crippen LogP contribution < -0.4 is 16.0 Å². The van der Waals surface area contributed by atoms with Gasteiger partial charge in [-0.05, 0) is 109 Å². The van der Waals surface area contributed by atoms with Crippen LogP contribution in [0.3, 0.4) is 0 Å². The number of nitrogens with one attached hydrogen (secondary N) is 3. The van der Waals surface area contributed by atoms with Gasteiger partial charge in [-0.3, -0.25) is 19.2 Å². The normalized spacial score (nSPS) is 17.4. The number of carbonyl (C=O) groups is 7. The summed E-state index contributed by atoms with van der Waals surface area (Å²) in [4.78, 5) is 99.2. The Morgan fingerprint density at radius 2 is 1.38 bits per heavy atom. The molecule has 2 heterocycles. The number of nitrogens with zero attached hydrogens (tertiary/aromatic N) is 2. The third kappa shape index (κ3) is 15.9. The molecule has 1 saturated heterocycles. The SMILES string of the molecule is COC(=O)C1(NC(=O)OC(C)(C)C)CCN(C(=O)[C@@H](CCCCNC(=O)OC(C)(C)C)NC(=O)[C@@H](CC(=O)[C@@H]2Cc3ccccc3CN2C(=O)[C@H](C)Cc2ccccc2)CC(C)C)CC1. The van der Waals surface area contributed by atoms with Crippen molar-refractivity contribution in [1.29, 1.82) is 0 Å². The van der Waals surface area contributed by atoms with Crippen LogP contribution >= 0.6 is 0 Å². The average molecular weight is 904 g/mol. The van der Waals surface area contributed by atoms with E-state index < -0.39 is 58.8 Å². The van der Waals surface area contributed by atoms with Gasteiger partial charge in [0.1, 0.15) is 22.8 Å². The van der Waals surface area contributed by atoms with Gasteiger partial charge in [0.25, 0.3) is 0 Å². The number of hydrogen-bond donors (Lipinski definition) is 3. The highest BCUT2D eigenvalue weighted by Gasteiger charge is 2.46. The van der Waals surface area contributed by atoms with Crippen LogP contribution in [0.1, 0.15) is 124 Å². The van der Waals surface area contributed by atoms with Crippen LogP contribution in [0.4, 0.5) is 9.59 Å². The number of hydrogen-bond acceptors (Lipinski definition) is 10. The predicted octanol–water partition coefficient (Wildman–Crippen LogP) is 6.68. The van der Waals surface area contributed by atoms with Crippen molar-refractivity contribution in [1.82, 2.24) is 25.8 Å². The van der Waals surface area contributed by atoms with Crippen molar-refractivity contribution in [3.8, 4) is 0 Å².